The smallest absolute Gasteiger partial charge is 0.309 e. The molecular weight excluding hydrogens is 424 g/mol. The number of carbonyl (C=O) groups is 2. The highest BCUT2D eigenvalue weighted by Gasteiger charge is 2.26. The molecule has 0 aromatic rings. The summed E-state index contributed by atoms with van der Waals surface area (Å²) < 4.78 is 10.9. The van der Waals surface area contributed by atoms with Gasteiger partial charge in [0.15, 0.2) is 0 Å². The maximum absolute atomic E-state index is 12.6. The Morgan fingerprint density at radius 3 is 1.59 bits per heavy atom. The highest BCUT2D eigenvalue weighted by atomic mass is 16.5. The van der Waals surface area contributed by atoms with Crippen molar-refractivity contribution in [2.75, 3.05) is 13.2 Å². The molecule has 2 unspecified atom stereocenters. The molecule has 0 N–H and O–H groups in total. The van der Waals surface area contributed by atoms with Gasteiger partial charge < -0.3 is 9.47 Å². The van der Waals surface area contributed by atoms with Gasteiger partial charge in [-0.2, -0.15) is 0 Å². The second-order valence-corrected chi connectivity index (χ2v) is 11.0. The van der Waals surface area contributed by atoms with E-state index in [1.54, 1.807) is 0 Å². The minimum absolute atomic E-state index is 0.0255. The number of hydrogen-bond donors (Lipinski definition) is 0. The Hall–Kier alpha value is -1.06. The fourth-order valence-electron chi connectivity index (χ4n) is 4.64. The van der Waals surface area contributed by atoms with Gasteiger partial charge in [-0.25, -0.2) is 0 Å². The zero-order valence-corrected chi connectivity index (χ0v) is 23.7. The van der Waals surface area contributed by atoms with E-state index in [0.29, 0.717) is 37.4 Å². The number of unbranched alkanes of at least 4 members (excludes halogenated alkanes) is 7. The predicted molar refractivity (Wildman–Crippen MR) is 144 cm³/mol. The van der Waals surface area contributed by atoms with E-state index in [1.807, 2.05) is 0 Å². The average Bonchev–Trinajstić information content (AvgIpc) is 2.79. The summed E-state index contributed by atoms with van der Waals surface area (Å²) in [7, 11) is 0. The van der Waals surface area contributed by atoms with E-state index >= 15 is 0 Å². The van der Waals surface area contributed by atoms with Crippen LogP contribution < -0.4 is 0 Å². The fourth-order valence-corrected chi connectivity index (χ4v) is 4.64. The van der Waals surface area contributed by atoms with Crippen LogP contribution in [0, 0.1) is 23.7 Å². The number of hydrogen-bond acceptors (Lipinski definition) is 4. The Kier molecular flexibility index (Phi) is 21.7. The van der Waals surface area contributed by atoms with Crippen molar-refractivity contribution in [3.8, 4) is 0 Å². The van der Waals surface area contributed by atoms with Gasteiger partial charge in [0.25, 0.3) is 0 Å². The highest BCUT2D eigenvalue weighted by molar-refractivity contribution is 5.72. The van der Waals surface area contributed by atoms with Crippen LogP contribution in [0.3, 0.4) is 0 Å². The Morgan fingerprint density at radius 1 is 0.588 bits per heavy atom. The van der Waals surface area contributed by atoms with E-state index < -0.39 is 0 Å². The molecule has 0 saturated carbocycles. The molecule has 0 aliphatic rings. The molecule has 0 fully saturated rings. The van der Waals surface area contributed by atoms with Crippen molar-refractivity contribution in [3.63, 3.8) is 0 Å². The van der Waals surface area contributed by atoms with Crippen LogP contribution in [0.4, 0.5) is 0 Å². The Balaban J connectivity index is 3.76. The van der Waals surface area contributed by atoms with E-state index in [4.69, 9.17) is 9.47 Å². The second-order valence-electron chi connectivity index (χ2n) is 11.0. The lowest BCUT2D eigenvalue weighted by Crippen LogP contribution is -2.25. The highest BCUT2D eigenvalue weighted by Crippen LogP contribution is 2.27. The van der Waals surface area contributed by atoms with Gasteiger partial charge in [0.1, 0.15) is 0 Å². The van der Waals surface area contributed by atoms with Crippen LogP contribution in [0.5, 0.6) is 0 Å². The van der Waals surface area contributed by atoms with E-state index in [0.717, 1.165) is 57.8 Å². The summed E-state index contributed by atoms with van der Waals surface area (Å²) in [5.41, 5.74) is 0. The minimum Gasteiger partial charge on any atom is -0.466 e. The van der Waals surface area contributed by atoms with Crippen molar-refractivity contribution in [1.82, 2.24) is 0 Å². The molecule has 202 valence electrons. The van der Waals surface area contributed by atoms with E-state index in [-0.39, 0.29) is 17.9 Å². The molecule has 4 heteroatoms. The van der Waals surface area contributed by atoms with Crippen LogP contribution in [-0.4, -0.2) is 25.2 Å². The summed E-state index contributed by atoms with van der Waals surface area (Å²) in [4.78, 5) is 24.3. The molecule has 0 rings (SSSR count). The van der Waals surface area contributed by atoms with Crippen LogP contribution in [0.1, 0.15) is 144 Å². The van der Waals surface area contributed by atoms with Crippen molar-refractivity contribution in [2.24, 2.45) is 23.7 Å². The van der Waals surface area contributed by atoms with Crippen LogP contribution in [0.15, 0.2) is 0 Å². The molecular formula is C30H58O4. The second kappa shape index (κ2) is 22.4. The van der Waals surface area contributed by atoms with Gasteiger partial charge in [0, 0.05) is 6.42 Å². The van der Waals surface area contributed by atoms with Crippen LogP contribution >= 0.6 is 0 Å². The number of esters is 2. The van der Waals surface area contributed by atoms with Crippen LogP contribution in [0.25, 0.3) is 0 Å². The van der Waals surface area contributed by atoms with E-state index in [1.165, 1.54) is 38.5 Å². The van der Waals surface area contributed by atoms with Gasteiger partial charge in [0.05, 0.1) is 19.1 Å². The Morgan fingerprint density at radius 2 is 1.09 bits per heavy atom. The number of carbonyl (C=O) groups excluding carboxylic acids is 2. The molecule has 0 spiro atoms. The molecule has 0 aromatic carbocycles. The molecule has 0 radical (unpaired) electrons. The molecule has 4 nitrogen and oxygen atoms in total. The fraction of sp³-hybridized carbons (Fsp3) is 0.933. The SMILES string of the molecule is CCC(CCCCCCCCCCC(=O)OCCCC(C)C)C(CC)C(=O)OCCCC(C)C. The van der Waals surface area contributed by atoms with Gasteiger partial charge in [0.2, 0.25) is 0 Å². The minimum atomic E-state index is -0.0287. The van der Waals surface area contributed by atoms with Crippen molar-refractivity contribution in [2.45, 2.75) is 144 Å². The molecule has 0 bridgehead atoms. The molecule has 0 aliphatic heterocycles. The third kappa shape index (κ3) is 19.3. The third-order valence-corrected chi connectivity index (χ3v) is 6.90. The predicted octanol–water partition coefficient (Wildman–Crippen LogP) is 8.90. The molecule has 0 aromatic heterocycles. The summed E-state index contributed by atoms with van der Waals surface area (Å²) in [5, 5.41) is 0. The maximum Gasteiger partial charge on any atom is 0.309 e. The standard InChI is InChI=1S/C30H58O4/c1-7-27(28(8-2)30(32)34-24-18-20-26(5)6)21-15-13-11-9-10-12-14-16-22-29(31)33-23-17-19-25(3)4/h25-28H,7-24H2,1-6H3. The summed E-state index contributed by atoms with van der Waals surface area (Å²) in [5.74, 6) is 1.85. The summed E-state index contributed by atoms with van der Waals surface area (Å²) >= 11 is 0. The Bertz CT molecular complexity index is 486. The van der Waals surface area contributed by atoms with Crippen LogP contribution in [-0.2, 0) is 19.1 Å². The Labute approximate surface area is 212 Å². The van der Waals surface area contributed by atoms with Gasteiger partial charge in [-0.3, -0.25) is 9.59 Å². The van der Waals surface area contributed by atoms with Crippen molar-refractivity contribution in [1.29, 1.82) is 0 Å². The van der Waals surface area contributed by atoms with Crippen molar-refractivity contribution >= 4 is 11.9 Å². The average molecular weight is 483 g/mol. The maximum atomic E-state index is 12.6. The molecule has 0 amide bonds. The number of ether oxygens (including phenoxy) is 2. The normalized spacial score (nSPS) is 13.3. The molecule has 2 atom stereocenters. The van der Waals surface area contributed by atoms with Gasteiger partial charge in [-0.05, 0) is 62.7 Å². The van der Waals surface area contributed by atoms with Crippen molar-refractivity contribution in [3.05, 3.63) is 0 Å². The summed E-state index contributed by atoms with van der Waals surface area (Å²) in [6, 6.07) is 0. The lowest BCUT2D eigenvalue weighted by molar-refractivity contribution is -0.151. The monoisotopic (exact) mass is 482 g/mol. The molecule has 0 saturated heterocycles. The first-order valence-corrected chi connectivity index (χ1v) is 14.6. The lowest BCUT2D eigenvalue weighted by Gasteiger charge is -2.24. The number of rotatable bonds is 23. The van der Waals surface area contributed by atoms with Gasteiger partial charge in [-0.1, -0.05) is 92.9 Å². The molecule has 34 heavy (non-hydrogen) atoms. The summed E-state index contributed by atoms with van der Waals surface area (Å²) in [6.45, 7) is 14.3. The zero-order chi connectivity index (χ0) is 25.6. The van der Waals surface area contributed by atoms with Gasteiger partial charge >= 0.3 is 11.9 Å². The third-order valence-electron chi connectivity index (χ3n) is 6.90. The van der Waals surface area contributed by atoms with Gasteiger partial charge in [-0.15, -0.1) is 0 Å². The quantitative estimate of drug-likeness (QED) is 0.108. The van der Waals surface area contributed by atoms with Crippen molar-refractivity contribution < 1.29 is 19.1 Å². The van der Waals surface area contributed by atoms with E-state index in [9.17, 15) is 9.59 Å². The first-order chi connectivity index (χ1) is 16.3. The topological polar surface area (TPSA) is 52.6 Å². The molecule has 0 aliphatic carbocycles. The zero-order valence-electron chi connectivity index (χ0n) is 23.7. The lowest BCUT2D eigenvalue weighted by atomic mass is 9.84. The largest absolute Gasteiger partial charge is 0.466 e. The van der Waals surface area contributed by atoms with E-state index in [2.05, 4.69) is 41.5 Å². The molecule has 0 heterocycles. The van der Waals surface area contributed by atoms with Crippen LogP contribution in [0.2, 0.25) is 0 Å². The summed E-state index contributed by atoms with van der Waals surface area (Å²) in [6.07, 6.45) is 17.4. The first-order valence-electron chi connectivity index (χ1n) is 14.6. The first kappa shape index (κ1) is 32.9.